The molecule has 0 spiro atoms. The molecule has 2 heteroatoms. The first-order valence-electron chi connectivity index (χ1n) is 5.48. The van der Waals surface area contributed by atoms with Crippen LogP contribution in [0.3, 0.4) is 0 Å². The highest BCUT2D eigenvalue weighted by Crippen LogP contribution is 2.15. The quantitative estimate of drug-likeness (QED) is 0.402. The van der Waals surface area contributed by atoms with Gasteiger partial charge in [-0.05, 0) is 12.2 Å². The SMILES string of the molecule is CCCCCCCCSC(C)CCl. The predicted molar refractivity (Wildman–Crippen MR) is 66.0 cm³/mol. The Morgan fingerprint density at radius 3 is 2.31 bits per heavy atom. The maximum absolute atomic E-state index is 5.71. The molecular formula is C11H23ClS. The second kappa shape index (κ2) is 10.7. The van der Waals surface area contributed by atoms with Crippen molar-refractivity contribution in [3.63, 3.8) is 0 Å². The molecule has 0 bridgehead atoms. The van der Waals surface area contributed by atoms with E-state index in [4.69, 9.17) is 11.6 Å². The fourth-order valence-corrected chi connectivity index (χ4v) is 2.34. The van der Waals surface area contributed by atoms with Gasteiger partial charge < -0.3 is 0 Å². The van der Waals surface area contributed by atoms with Crippen LogP contribution < -0.4 is 0 Å². The molecule has 0 nitrogen and oxygen atoms in total. The summed E-state index contributed by atoms with van der Waals surface area (Å²) in [4.78, 5) is 0. The summed E-state index contributed by atoms with van der Waals surface area (Å²) in [7, 11) is 0. The highest BCUT2D eigenvalue weighted by atomic mass is 35.5. The molecule has 1 unspecified atom stereocenters. The van der Waals surface area contributed by atoms with Crippen molar-refractivity contribution in [3.05, 3.63) is 0 Å². The topological polar surface area (TPSA) is 0 Å². The molecule has 0 saturated carbocycles. The minimum Gasteiger partial charge on any atom is -0.158 e. The number of thioether (sulfide) groups is 1. The molecule has 13 heavy (non-hydrogen) atoms. The Morgan fingerprint density at radius 1 is 1.08 bits per heavy atom. The monoisotopic (exact) mass is 222 g/mol. The summed E-state index contributed by atoms with van der Waals surface area (Å²) < 4.78 is 0. The average molecular weight is 223 g/mol. The lowest BCUT2D eigenvalue weighted by Crippen LogP contribution is -1.98. The van der Waals surface area contributed by atoms with Crippen LogP contribution in [-0.2, 0) is 0 Å². The van der Waals surface area contributed by atoms with Gasteiger partial charge in [0.25, 0.3) is 0 Å². The number of hydrogen-bond donors (Lipinski definition) is 0. The Labute approximate surface area is 92.8 Å². The molecule has 80 valence electrons. The normalized spacial score (nSPS) is 13.2. The molecule has 0 fully saturated rings. The largest absolute Gasteiger partial charge is 0.158 e. The highest BCUT2D eigenvalue weighted by molar-refractivity contribution is 7.99. The van der Waals surface area contributed by atoms with Gasteiger partial charge in [-0.1, -0.05) is 46.0 Å². The van der Waals surface area contributed by atoms with Crippen molar-refractivity contribution in [1.82, 2.24) is 0 Å². The fourth-order valence-electron chi connectivity index (χ4n) is 1.21. The molecule has 0 saturated heterocycles. The maximum Gasteiger partial charge on any atom is 0.0339 e. The molecular weight excluding hydrogens is 200 g/mol. The molecule has 1 atom stereocenters. The van der Waals surface area contributed by atoms with Gasteiger partial charge in [-0.3, -0.25) is 0 Å². The first kappa shape index (κ1) is 13.6. The van der Waals surface area contributed by atoms with E-state index in [0.29, 0.717) is 5.25 Å². The van der Waals surface area contributed by atoms with Gasteiger partial charge in [0.2, 0.25) is 0 Å². The Balaban J connectivity index is 2.91. The van der Waals surface area contributed by atoms with Crippen molar-refractivity contribution in [2.45, 2.75) is 57.6 Å². The van der Waals surface area contributed by atoms with Crippen molar-refractivity contribution in [2.24, 2.45) is 0 Å². The molecule has 0 aliphatic rings. The number of alkyl halides is 1. The van der Waals surface area contributed by atoms with E-state index >= 15 is 0 Å². The van der Waals surface area contributed by atoms with Crippen LogP contribution in [0.15, 0.2) is 0 Å². The summed E-state index contributed by atoms with van der Waals surface area (Å²) in [5, 5.41) is 0.636. The first-order valence-corrected chi connectivity index (χ1v) is 7.07. The average Bonchev–Trinajstić information content (AvgIpc) is 2.16. The third kappa shape index (κ3) is 10.6. The van der Waals surface area contributed by atoms with Crippen LogP contribution in [0.1, 0.15) is 52.4 Å². The second-order valence-corrected chi connectivity index (χ2v) is 5.46. The lowest BCUT2D eigenvalue weighted by Gasteiger charge is -2.06. The minimum absolute atomic E-state index is 0.636. The van der Waals surface area contributed by atoms with E-state index in [1.54, 1.807) is 0 Å². The summed E-state index contributed by atoms with van der Waals surface area (Å²) in [6, 6.07) is 0. The van der Waals surface area contributed by atoms with E-state index in [9.17, 15) is 0 Å². The summed E-state index contributed by atoms with van der Waals surface area (Å²) in [5.41, 5.74) is 0. The van der Waals surface area contributed by atoms with Crippen LogP contribution in [0.25, 0.3) is 0 Å². The van der Waals surface area contributed by atoms with E-state index in [-0.39, 0.29) is 0 Å². The minimum atomic E-state index is 0.636. The molecule has 0 heterocycles. The third-order valence-electron chi connectivity index (χ3n) is 2.12. The van der Waals surface area contributed by atoms with Crippen LogP contribution >= 0.6 is 23.4 Å². The summed E-state index contributed by atoms with van der Waals surface area (Å²) in [5.74, 6) is 2.08. The van der Waals surface area contributed by atoms with Gasteiger partial charge in [-0.15, -0.1) is 11.6 Å². The fraction of sp³-hybridized carbons (Fsp3) is 1.00. The number of rotatable bonds is 9. The summed E-state index contributed by atoms with van der Waals surface area (Å²) in [6.45, 7) is 4.47. The van der Waals surface area contributed by atoms with Crippen molar-refractivity contribution in [1.29, 1.82) is 0 Å². The van der Waals surface area contributed by atoms with Crippen LogP contribution in [0, 0.1) is 0 Å². The Bertz CT molecular complexity index is 96.1. The number of halogens is 1. The zero-order valence-corrected chi connectivity index (χ0v) is 10.6. The third-order valence-corrected chi connectivity index (χ3v) is 4.02. The van der Waals surface area contributed by atoms with Gasteiger partial charge in [0.15, 0.2) is 0 Å². The van der Waals surface area contributed by atoms with E-state index in [0.717, 1.165) is 5.88 Å². The van der Waals surface area contributed by atoms with Gasteiger partial charge in [-0.25, -0.2) is 0 Å². The lowest BCUT2D eigenvalue weighted by atomic mass is 10.1. The number of unbranched alkanes of at least 4 members (excludes halogenated alkanes) is 5. The Kier molecular flexibility index (Phi) is 11.2. The summed E-state index contributed by atoms with van der Waals surface area (Å²) >= 11 is 7.72. The smallest absolute Gasteiger partial charge is 0.0339 e. The number of hydrogen-bond acceptors (Lipinski definition) is 1. The first-order chi connectivity index (χ1) is 6.31. The summed E-state index contributed by atoms with van der Waals surface area (Å²) in [6.07, 6.45) is 8.37. The van der Waals surface area contributed by atoms with E-state index in [2.05, 4.69) is 13.8 Å². The van der Waals surface area contributed by atoms with E-state index < -0.39 is 0 Å². The molecule has 0 aromatic heterocycles. The second-order valence-electron chi connectivity index (χ2n) is 3.60. The van der Waals surface area contributed by atoms with Crippen LogP contribution in [0.2, 0.25) is 0 Å². The zero-order chi connectivity index (χ0) is 9.94. The molecule has 0 aliphatic heterocycles. The van der Waals surface area contributed by atoms with Gasteiger partial charge in [0, 0.05) is 11.1 Å². The van der Waals surface area contributed by atoms with Crippen molar-refractivity contribution < 1.29 is 0 Å². The molecule has 0 radical (unpaired) electrons. The maximum atomic E-state index is 5.71. The molecule has 0 aromatic carbocycles. The Morgan fingerprint density at radius 2 is 1.69 bits per heavy atom. The van der Waals surface area contributed by atoms with Crippen LogP contribution in [0.5, 0.6) is 0 Å². The van der Waals surface area contributed by atoms with Gasteiger partial charge in [0.1, 0.15) is 0 Å². The van der Waals surface area contributed by atoms with Crippen molar-refractivity contribution in [3.8, 4) is 0 Å². The van der Waals surface area contributed by atoms with E-state index in [1.807, 2.05) is 11.8 Å². The van der Waals surface area contributed by atoms with Crippen LogP contribution in [0.4, 0.5) is 0 Å². The molecule has 0 aliphatic carbocycles. The van der Waals surface area contributed by atoms with Gasteiger partial charge in [0.05, 0.1) is 0 Å². The molecule has 0 aromatic rings. The zero-order valence-electron chi connectivity index (χ0n) is 9.02. The standard InChI is InChI=1S/C11H23ClS/c1-3-4-5-6-7-8-9-13-11(2)10-12/h11H,3-10H2,1-2H3. The van der Waals surface area contributed by atoms with Crippen molar-refractivity contribution in [2.75, 3.05) is 11.6 Å². The van der Waals surface area contributed by atoms with Gasteiger partial charge in [-0.2, -0.15) is 11.8 Å². The molecule has 0 rings (SSSR count). The highest BCUT2D eigenvalue weighted by Gasteiger charge is 1.98. The van der Waals surface area contributed by atoms with E-state index in [1.165, 1.54) is 44.3 Å². The van der Waals surface area contributed by atoms with Crippen LogP contribution in [-0.4, -0.2) is 16.9 Å². The lowest BCUT2D eigenvalue weighted by molar-refractivity contribution is 0.627. The molecule has 0 amide bonds. The molecule has 0 N–H and O–H groups in total. The predicted octanol–water partition coefficient (Wildman–Crippen LogP) is 4.71. The van der Waals surface area contributed by atoms with Crippen molar-refractivity contribution >= 4 is 23.4 Å². The Hall–Kier alpha value is 0.640. The van der Waals surface area contributed by atoms with Gasteiger partial charge >= 0.3 is 0 Å².